The van der Waals surface area contributed by atoms with Crippen molar-refractivity contribution in [2.45, 2.75) is 13.0 Å². The van der Waals surface area contributed by atoms with Gasteiger partial charge < -0.3 is 11.1 Å². The molecule has 0 aliphatic heterocycles. The minimum Gasteiger partial charge on any atom is -0.391 e. The molecule has 0 heterocycles. The van der Waals surface area contributed by atoms with Crippen molar-refractivity contribution in [3.05, 3.63) is 70.2 Å². The summed E-state index contributed by atoms with van der Waals surface area (Å²) >= 11 is 11.1. The van der Waals surface area contributed by atoms with Gasteiger partial charge in [-0.3, -0.25) is 4.79 Å². The third kappa shape index (κ3) is 3.80. The predicted molar refractivity (Wildman–Crippen MR) is 89.6 cm³/mol. The maximum absolute atomic E-state index is 12.3. The van der Waals surface area contributed by atoms with Crippen LogP contribution in [0.3, 0.4) is 0 Å². The fourth-order valence-electron chi connectivity index (χ4n) is 1.91. The van der Waals surface area contributed by atoms with Crippen LogP contribution in [0.25, 0.3) is 0 Å². The zero-order valence-corrected chi connectivity index (χ0v) is 13.0. The summed E-state index contributed by atoms with van der Waals surface area (Å²) in [6, 6.07) is 14.0. The van der Waals surface area contributed by atoms with Gasteiger partial charge in [-0.1, -0.05) is 60.2 Å². The van der Waals surface area contributed by atoms with E-state index in [1.807, 2.05) is 37.3 Å². The van der Waals surface area contributed by atoms with Crippen molar-refractivity contribution in [2.24, 2.45) is 5.73 Å². The van der Waals surface area contributed by atoms with Gasteiger partial charge in [0.25, 0.3) is 5.91 Å². The van der Waals surface area contributed by atoms with Gasteiger partial charge in [-0.05, 0) is 30.2 Å². The number of rotatable bonds is 4. The molecule has 2 aromatic carbocycles. The zero-order chi connectivity index (χ0) is 15.4. The summed E-state index contributed by atoms with van der Waals surface area (Å²) in [6.07, 6.45) is 0. The van der Waals surface area contributed by atoms with Crippen molar-refractivity contribution >= 4 is 34.7 Å². The van der Waals surface area contributed by atoms with Crippen molar-refractivity contribution in [3.63, 3.8) is 0 Å². The van der Waals surface area contributed by atoms with Crippen LogP contribution in [0, 0.1) is 6.92 Å². The minimum atomic E-state index is -0.506. The van der Waals surface area contributed by atoms with Crippen LogP contribution in [0.15, 0.2) is 48.5 Å². The molecule has 2 rings (SSSR count). The quantitative estimate of drug-likeness (QED) is 0.849. The topological polar surface area (TPSA) is 55.1 Å². The van der Waals surface area contributed by atoms with E-state index in [1.54, 1.807) is 18.2 Å². The number of carbonyl (C=O) groups excluding carboxylic acids is 1. The number of hydrogen-bond donors (Lipinski definition) is 2. The highest BCUT2D eigenvalue weighted by molar-refractivity contribution is 7.80. The SMILES string of the molecule is Cc1ccc(C(=O)NC(C(N)=S)c2ccccc2)cc1Cl. The number of amides is 1. The fourth-order valence-corrected chi connectivity index (χ4v) is 2.29. The van der Waals surface area contributed by atoms with Gasteiger partial charge >= 0.3 is 0 Å². The Balaban J connectivity index is 2.23. The lowest BCUT2D eigenvalue weighted by Crippen LogP contribution is -2.36. The molecule has 3 nitrogen and oxygen atoms in total. The molecule has 0 saturated carbocycles. The van der Waals surface area contributed by atoms with E-state index in [0.717, 1.165) is 11.1 Å². The number of aryl methyl sites for hydroxylation is 1. The Bertz CT molecular complexity index is 673. The molecule has 0 saturated heterocycles. The van der Waals surface area contributed by atoms with E-state index in [-0.39, 0.29) is 10.9 Å². The van der Waals surface area contributed by atoms with Gasteiger partial charge in [0.15, 0.2) is 0 Å². The fraction of sp³-hybridized carbons (Fsp3) is 0.125. The lowest BCUT2D eigenvalue weighted by atomic mass is 10.1. The second kappa shape index (κ2) is 6.70. The number of nitrogens with two attached hydrogens (primary N) is 1. The molecule has 0 bridgehead atoms. The third-order valence-corrected chi connectivity index (χ3v) is 3.77. The summed E-state index contributed by atoms with van der Waals surface area (Å²) < 4.78 is 0. The molecule has 0 spiro atoms. The second-order valence-corrected chi connectivity index (χ2v) is 5.56. The van der Waals surface area contributed by atoms with Crippen molar-refractivity contribution in [1.29, 1.82) is 0 Å². The number of halogens is 1. The van der Waals surface area contributed by atoms with Crippen LogP contribution >= 0.6 is 23.8 Å². The molecule has 108 valence electrons. The van der Waals surface area contributed by atoms with Gasteiger partial charge in [0.05, 0.1) is 0 Å². The van der Waals surface area contributed by atoms with Gasteiger partial charge in [-0.2, -0.15) is 0 Å². The molecular formula is C16H15ClN2OS. The molecule has 2 aromatic rings. The number of hydrogen-bond acceptors (Lipinski definition) is 2. The Morgan fingerprint density at radius 3 is 2.48 bits per heavy atom. The van der Waals surface area contributed by atoms with E-state index in [9.17, 15) is 4.79 Å². The van der Waals surface area contributed by atoms with Crippen molar-refractivity contribution < 1.29 is 4.79 Å². The number of carbonyl (C=O) groups is 1. The standard InChI is InChI=1S/C16H15ClN2OS/c1-10-7-8-12(9-13(10)17)16(20)19-14(15(18)21)11-5-3-2-4-6-11/h2-9,14H,1H3,(H2,18,21)(H,19,20). The van der Waals surface area contributed by atoms with Gasteiger partial charge in [-0.15, -0.1) is 0 Å². The average molecular weight is 319 g/mol. The zero-order valence-electron chi connectivity index (χ0n) is 11.5. The van der Waals surface area contributed by atoms with Crippen molar-refractivity contribution in [2.75, 3.05) is 0 Å². The molecule has 21 heavy (non-hydrogen) atoms. The van der Waals surface area contributed by atoms with E-state index in [4.69, 9.17) is 29.6 Å². The van der Waals surface area contributed by atoms with Crippen LogP contribution in [0.5, 0.6) is 0 Å². The first-order valence-corrected chi connectivity index (χ1v) is 7.19. The summed E-state index contributed by atoms with van der Waals surface area (Å²) in [5.41, 5.74) is 7.98. The number of benzene rings is 2. The molecule has 3 N–H and O–H groups in total. The monoisotopic (exact) mass is 318 g/mol. The summed E-state index contributed by atoms with van der Waals surface area (Å²) in [6.45, 7) is 1.88. The first-order valence-electron chi connectivity index (χ1n) is 6.40. The Morgan fingerprint density at radius 2 is 1.90 bits per heavy atom. The highest BCUT2D eigenvalue weighted by Crippen LogP contribution is 2.18. The third-order valence-electron chi connectivity index (χ3n) is 3.13. The number of nitrogens with one attached hydrogen (secondary N) is 1. The highest BCUT2D eigenvalue weighted by Gasteiger charge is 2.18. The van der Waals surface area contributed by atoms with Gasteiger partial charge in [0.2, 0.25) is 0 Å². The van der Waals surface area contributed by atoms with Crippen LogP contribution in [0.2, 0.25) is 5.02 Å². The van der Waals surface area contributed by atoms with E-state index in [0.29, 0.717) is 10.6 Å². The largest absolute Gasteiger partial charge is 0.391 e. The first kappa shape index (κ1) is 15.5. The van der Waals surface area contributed by atoms with Gasteiger partial charge in [-0.25, -0.2) is 0 Å². The van der Waals surface area contributed by atoms with Crippen LogP contribution in [-0.4, -0.2) is 10.9 Å². The minimum absolute atomic E-state index is 0.216. The first-order chi connectivity index (χ1) is 9.99. The molecule has 1 atom stereocenters. The van der Waals surface area contributed by atoms with Gasteiger partial charge in [0.1, 0.15) is 11.0 Å². The van der Waals surface area contributed by atoms with E-state index < -0.39 is 6.04 Å². The average Bonchev–Trinajstić information content (AvgIpc) is 2.48. The molecule has 0 fully saturated rings. The van der Waals surface area contributed by atoms with E-state index in [2.05, 4.69) is 5.32 Å². The lowest BCUT2D eigenvalue weighted by molar-refractivity contribution is 0.0947. The summed E-state index contributed by atoms with van der Waals surface area (Å²) in [4.78, 5) is 12.5. The smallest absolute Gasteiger partial charge is 0.252 e. The molecule has 0 aromatic heterocycles. The maximum Gasteiger partial charge on any atom is 0.252 e. The Kier molecular flexibility index (Phi) is 4.94. The van der Waals surface area contributed by atoms with Crippen LogP contribution in [-0.2, 0) is 0 Å². The lowest BCUT2D eigenvalue weighted by Gasteiger charge is -2.18. The predicted octanol–water partition coefficient (Wildman–Crippen LogP) is 3.41. The van der Waals surface area contributed by atoms with Crippen molar-refractivity contribution in [3.8, 4) is 0 Å². The molecule has 0 aliphatic rings. The second-order valence-electron chi connectivity index (χ2n) is 4.68. The van der Waals surface area contributed by atoms with Crippen LogP contribution in [0.1, 0.15) is 27.5 Å². The highest BCUT2D eigenvalue weighted by atomic mass is 35.5. The molecule has 5 heteroatoms. The summed E-state index contributed by atoms with van der Waals surface area (Å²) in [7, 11) is 0. The normalized spacial score (nSPS) is 11.7. The maximum atomic E-state index is 12.3. The van der Waals surface area contributed by atoms with E-state index >= 15 is 0 Å². The summed E-state index contributed by atoms with van der Waals surface area (Å²) in [5.74, 6) is -0.265. The van der Waals surface area contributed by atoms with Crippen molar-refractivity contribution in [1.82, 2.24) is 5.32 Å². The molecule has 1 unspecified atom stereocenters. The molecular weight excluding hydrogens is 304 g/mol. The number of thiocarbonyl (C=S) groups is 1. The van der Waals surface area contributed by atoms with E-state index in [1.165, 1.54) is 0 Å². The Hall–Kier alpha value is -1.91. The summed E-state index contributed by atoms with van der Waals surface area (Å²) in [5, 5.41) is 3.38. The Morgan fingerprint density at radius 1 is 1.24 bits per heavy atom. The molecule has 0 aliphatic carbocycles. The van der Waals surface area contributed by atoms with Crippen LogP contribution < -0.4 is 11.1 Å². The van der Waals surface area contributed by atoms with Crippen LogP contribution in [0.4, 0.5) is 0 Å². The molecule has 1 amide bonds. The Labute approximate surface area is 134 Å². The molecule has 0 radical (unpaired) electrons. The van der Waals surface area contributed by atoms with Gasteiger partial charge in [0, 0.05) is 10.6 Å².